The molecular weight excluding hydrogens is 444 g/mol. The van der Waals surface area contributed by atoms with Gasteiger partial charge in [0.15, 0.2) is 10.4 Å². The van der Waals surface area contributed by atoms with Crippen LogP contribution in [-0.2, 0) is 4.74 Å². The van der Waals surface area contributed by atoms with Gasteiger partial charge in [-0.3, -0.25) is 4.79 Å². The van der Waals surface area contributed by atoms with Crippen LogP contribution >= 0.6 is 22.9 Å². The number of benzene rings is 1. The van der Waals surface area contributed by atoms with Crippen molar-refractivity contribution in [1.29, 1.82) is 0 Å². The number of carboxylic acids is 1. The Morgan fingerprint density at radius 2 is 2.16 bits per heavy atom. The first-order chi connectivity index (χ1) is 14.9. The summed E-state index contributed by atoms with van der Waals surface area (Å²) in [5, 5.41) is 10.4. The quantitative estimate of drug-likeness (QED) is 0.530. The highest BCUT2D eigenvalue weighted by molar-refractivity contribution is 7.11. The molecule has 1 aromatic carbocycles. The first-order valence-corrected chi connectivity index (χ1v) is 10.6. The lowest BCUT2D eigenvalue weighted by Gasteiger charge is -2.30. The fourth-order valence-electron chi connectivity index (χ4n) is 3.28. The molecule has 10 heteroatoms. The van der Waals surface area contributed by atoms with Gasteiger partial charge in [0.2, 0.25) is 6.23 Å². The second-order valence-electron chi connectivity index (χ2n) is 6.90. The van der Waals surface area contributed by atoms with E-state index < -0.39 is 17.6 Å². The second kappa shape index (κ2) is 8.70. The first kappa shape index (κ1) is 21.4. The van der Waals surface area contributed by atoms with Crippen LogP contribution in [0.3, 0.4) is 0 Å². The molecule has 3 heterocycles. The molecule has 0 bridgehead atoms. The molecule has 0 aliphatic carbocycles. The van der Waals surface area contributed by atoms with E-state index in [4.69, 9.17) is 25.8 Å². The number of nitrogens with zero attached hydrogens (tertiary/aromatic N) is 2. The van der Waals surface area contributed by atoms with E-state index >= 15 is 0 Å². The third kappa shape index (κ3) is 4.16. The minimum atomic E-state index is -1.31. The minimum Gasteiger partial charge on any atom is -0.492 e. The summed E-state index contributed by atoms with van der Waals surface area (Å²) in [7, 11) is 1.62. The van der Waals surface area contributed by atoms with E-state index in [2.05, 4.69) is 4.98 Å². The Kier molecular flexibility index (Phi) is 5.99. The molecule has 3 aromatic rings. The third-order valence-corrected chi connectivity index (χ3v) is 5.95. The number of carboxylic acid groups (broad SMARTS) is 1. The predicted molar refractivity (Wildman–Crippen MR) is 116 cm³/mol. The standard InChI is InChI=1S/C21H19ClN2O6S/c1-11-9-23-19(31-11)20-24-10-13(21(26)27)16(25)7-15(24)12-6-14(22)18(8-17(12)30-20)29-5-3-4-28-2/h6-10,20H,3-5H2,1-2H3,(H,26,27). The van der Waals surface area contributed by atoms with E-state index in [-0.39, 0.29) is 5.56 Å². The van der Waals surface area contributed by atoms with Crippen LogP contribution in [0.4, 0.5) is 0 Å². The smallest absolute Gasteiger partial charge is 0.341 e. The van der Waals surface area contributed by atoms with Crippen LogP contribution in [0.5, 0.6) is 11.5 Å². The van der Waals surface area contributed by atoms with Crippen molar-refractivity contribution in [3.63, 3.8) is 0 Å². The summed E-state index contributed by atoms with van der Waals surface area (Å²) < 4.78 is 18.6. The topological polar surface area (TPSA) is 99.9 Å². The minimum absolute atomic E-state index is 0.349. The van der Waals surface area contributed by atoms with E-state index in [9.17, 15) is 14.7 Å². The molecular formula is C21H19ClN2O6S. The van der Waals surface area contributed by atoms with Crippen LogP contribution in [0.15, 0.2) is 35.4 Å². The van der Waals surface area contributed by atoms with Crippen molar-refractivity contribution in [3.8, 4) is 22.8 Å². The molecule has 1 aliphatic rings. The van der Waals surface area contributed by atoms with Crippen molar-refractivity contribution in [2.45, 2.75) is 19.6 Å². The molecule has 1 aliphatic heterocycles. The van der Waals surface area contributed by atoms with Crippen molar-refractivity contribution in [3.05, 3.63) is 61.3 Å². The number of carbonyl (C=O) groups is 1. The maximum absolute atomic E-state index is 12.4. The molecule has 1 unspecified atom stereocenters. The Hall–Kier alpha value is -2.88. The molecule has 4 rings (SSSR count). The zero-order valence-electron chi connectivity index (χ0n) is 16.8. The number of halogens is 1. The number of pyridine rings is 1. The molecule has 0 radical (unpaired) electrons. The molecule has 0 amide bonds. The Bertz CT molecular complexity index is 1210. The van der Waals surface area contributed by atoms with Gasteiger partial charge >= 0.3 is 5.97 Å². The number of aromatic nitrogens is 2. The fourth-order valence-corrected chi connectivity index (χ4v) is 4.30. The number of aryl methyl sites for hydroxylation is 1. The van der Waals surface area contributed by atoms with E-state index in [0.717, 1.165) is 4.88 Å². The molecule has 0 saturated carbocycles. The van der Waals surface area contributed by atoms with E-state index in [1.165, 1.54) is 23.6 Å². The average molecular weight is 463 g/mol. The molecule has 8 nitrogen and oxygen atoms in total. The van der Waals surface area contributed by atoms with E-state index in [0.29, 0.717) is 52.4 Å². The normalized spacial score (nSPS) is 14.5. The van der Waals surface area contributed by atoms with Gasteiger partial charge in [-0.15, -0.1) is 11.3 Å². The molecule has 0 spiro atoms. The number of rotatable bonds is 7. The van der Waals surface area contributed by atoms with Gasteiger partial charge in [-0.25, -0.2) is 9.78 Å². The van der Waals surface area contributed by atoms with E-state index in [1.54, 1.807) is 30.0 Å². The summed E-state index contributed by atoms with van der Waals surface area (Å²) in [4.78, 5) is 29.3. The number of thiazole rings is 1. The average Bonchev–Trinajstić information content (AvgIpc) is 3.16. The van der Waals surface area contributed by atoms with Crippen molar-refractivity contribution in [2.75, 3.05) is 20.3 Å². The first-order valence-electron chi connectivity index (χ1n) is 9.43. The van der Waals surface area contributed by atoms with Gasteiger partial charge in [0, 0.05) is 55.1 Å². The molecule has 31 heavy (non-hydrogen) atoms. The molecule has 1 N–H and O–H groups in total. The number of methoxy groups -OCH3 is 1. The Morgan fingerprint density at radius 3 is 2.84 bits per heavy atom. The summed E-state index contributed by atoms with van der Waals surface area (Å²) in [5.74, 6) is -0.395. The second-order valence-corrected chi connectivity index (χ2v) is 8.58. The zero-order valence-corrected chi connectivity index (χ0v) is 18.3. The third-order valence-electron chi connectivity index (χ3n) is 4.71. The molecule has 1 atom stereocenters. The zero-order chi connectivity index (χ0) is 22.1. The molecule has 0 saturated heterocycles. The van der Waals surface area contributed by atoms with Gasteiger partial charge in [0.1, 0.15) is 17.1 Å². The molecule has 2 aromatic heterocycles. The van der Waals surface area contributed by atoms with Crippen LogP contribution in [0, 0.1) is 6.92 Å². The highest BCUT2D eigenvalue weighted by atomic mass is 35.5. The Balaban J connectivity index is 1.83. The largest absolute Gasteiger partial charge is 0.492 e. The van der Waals surface area contributed by atoms with Crippen molar-refractivity contribution < 1.29 is 24.1 Å². The van der Waals surface area contributed by atoms with E-state index in [1.807, 2.05) is 6.92 Å². The number of hydrogen-bond acceptors (Lipinski definition) is 7. The predicted octanol–water partition coefficient (Wildman–Crippen LogP) is 3.99. The Labute approximate surface area is 186 Å². The summed E-state index contributed by atoms with van der Waals surface area (Å²) >= 11 is 7.84. The van der Waals surface area contributed by atoms with Gasteiger partial charge in [-0.05, 0) is 13.0 Å². The summed E-state index contributed by atoms with van der Waals surface area (Å²) in [6.45, 7) is 2.89. The highest BCUT2D eigenvalue weighted by Gasteiger charge is 2.31. The van der Waals surface area contributed by atoms with Crippen LogP contribution < -0.4 is 14.9 Å². The van der Waals surface area contributed by atoms with Gasteiger partial charge in [0.25, 0.3) is 0 Å². The van der Waals surface area contributed by atoms with Crippen LogP contribution in [-0.4, -0.2) is 41.0 Å². The Morgan fingerprint density at radius 1 is 1.35 bits per heavy atom. The number of fused-ring (bicyclic) bond motifs is 3. The SMILES string of the molecule is COCCCOc1cc2c(cc1Cl)-c1cc(=O)c(C(=O)O)cn1C(c1ncc(C)s1)O2. The van der Waals surface area contributed by atoms with Crippen molar-refractivity contribution in [1.82, 2.24) is 9.55 Å². The number of aromatic carboxylic acids is 1. The van der Waals surface area contributed by atoms with Gasteiger partial charge in [-0.2, -0.15) is 0 Å². The summed E-state index contributed by atoms with van der Waals surface area (Å²) in [6, 6.07) is 4.61. The maximum atomic E-state index is 12.4. The maximum Gasteiger partial charge on any atom is 0.341 e. The van der Waals surface area contributed by atoms with Crippen LogP contribution in [0.1, 0.15) is 32.9 Å². The number of ether oxygens (including phenoxy) is 3. The van der Waals surface area contributed by atoms with Gasteiger partial charge in [0.05, 0.1) is 17.3 Å². The lowest BCUT2D eigenvalue weighted by Crippen LogP contribution is -2.27. The highest BCUT2D eigenvalue weighted by Crippen LogP contribution is 2.45. The fraction of sp³-hybridized carbons (Fsp3) is 0.286. The lowest BCUT2D eigenvalue weighted by atomic mass is 10.1. The van der Waals surface area contributed by atoms with Crippen molar-refractivity contribution in [2.24, 2.45) is 0 Å². The molecule has 0 fully saturated rings. The van der Waals surface area contributed by atoms with Gasteiger partial charge in [-0.1, -0.05) is 11.6 Å². The van der Waals surface area contributed by atoms with Crippen LogP contribution in [0.25, 0.3) is 11.3 Å². The lowest BCUT2D eigenvalue weighted by molar-refractivity contribution is 0.0693. The van der Waals surface area contributed by atoms with Crippen molar-refractivity contribution >= 4 is 28.9 Å². The number of hydrogen-bond donors (Lipinski definition) is 1. The molecule has 162 valence electrons. The summed E-state index contributed by atoms with van der Waals surface area (Å²) in [6.07, 6.45) is 2.96. The monoisotopic (exact) mass is 462 g/mol. The van der Waals surface area contributed by atoms with Crippen LogP contribution in [0.2, 0.25) is 5.02 Å². The van der Waals surface area contributed by atoms with Gasteiger partial charge < -0.3 is 23.9 Å². The summed E-state index contributed by atoms with van der Waals surface area (Å²) in [5.41, 5.74) is 0.102.